The molecule has 1 aliphatic carbocycles. The lowest BCUT2D eigenvalue weighted by Gasteiger charge is -2.19. The van der Waals surface area contributed by atoms with E-state index in [9.17, 15) is 4.79 Å². The largest absolute Gasteiger partial charge is 0.481 e. The summed E-state index contributed by atoms with van der Waals surface area (Å²) in [6, 6.07) is 12.2. The molecule has 3 nitrogen and oxygen atoms in total. The number of ether oxygens (including phenoxy) is 1. The van der Waals surface area contributed by atoms with Crippen molar-refractivity contribution in [3.05, 3.63) is 58.7 Å². The van der Waals surface area contributed by atoms with Crippen molar-refractivity contribution < 1.29 is 9.53 Å². The normalized spacial score (nSPS) is 14.6. The Hall–Kier alpha value is -2.29. The van der Waals surface area contributed by atoms with E-state index in [1.807, 2.05) is 38.1 Å². The Kier molecular flexibility index (Phi) is 4.89. The van der Waals surface area contributed by atoms with Crippen molar-refractivity contribution in [2.24, 2.45) is 0 Å². The molecular formula is C21H25NO2. The van der Waals surface area contributed by atoms with Crippen LogP contribution in [-0.4, -0.2) is 12.0 Å². The summed E-state index contributed by atoms with van der Waals surface area (Å²) in [5.41, 5.74) is 5.80. The van der Waals surface area contributed by atoms with Gasteiger partial charge in [0.2, 0.25) is 0 Å². The maximum Gasteiger partial charge on any atom is 0.265 e. The molecule has 3 rings (SSSR count). The fourth-order valence-electron chi connectivity index (χ4n) is 3.15. The van der Waals surface area contributed by atoms with E-state index in [1.165, 1.54) is 24.0 Å². The van der Waals surface area contributed by atoms with E-state index in [-0.39, 0.29) is 5.91 Å². The number of amides is 1. The van der Waals surface area contributed by atoms with Gasteiger partial charge in [0.1, 0.15) is 5.75 Å². The number of anilines is 1. The molecule has 0 fully saturated rings. The van der Waals surface area contributed by atoms with Gasteiger partial charge in [0.05, 0.1) is 0 Å². The molecule has 1 amide bonds. The zero-order chi connectivity index (χ0) is 17.1. The molecule has 0 saturated heterocycles. The van der Waals surface area contributed by atoms with E-state index in [2.05, 4.69) is 17.4 Å². The molecule has 126 valence electrons. The summed E-state index contributed by atoms with van der Waals surface area (Å²) in [7, 11) is 0. The van der Waals surface area contributed by atoms with Crippen LogP contribution in [0.4, 0.5) is 5.69 Å². The first-order chi connectivity index (χ1) is 11.5. The highest BCUT2D eigenvalue weighted by atomic mass is 16.5. The highest BCUT2D eigenvalue weighted by molar-refractivity contribution is 5.94. The maximum absolute atomic E-state index is 12.4. The first kappa shape index (κ1) is 16.6. The van der Waals surface area contributed by atoms with Crippen molar-refractivity contribution >= 4 is 11.6 Å². The Morgan fingerprint density at radius 3 is 2.58 bits per heavy atom. The molecule has 0 unspecified atom stereocenters. The molecule has 3 heteroatoms. The van der Waals surface area contributed by atoms with Crippen LogP contribution in [-0.2, 0) is 17.6 Å². The van der Waals surface area contributed by atoms with Crippen LogP contribution in [0.15, 0.2) is 36.4 Å². The molecule has 24 heavy (non-hydrogen) atoms. The van der Waals surface area contributed by atoms with Crippen LogP contribution in [0.25, 0.3) is 0 Å². The third-order valence-electron chi connectivity index (χ3n) is 4.65. The van der Waals surface area contributed by atoms with E-state index < -0.39 is 6.10 Å². The minimum absolute atomic E-state index is 0.124. The molecule has 0 radical (unpaired) electrons. The van der Waals surface area contributed by atoms with E-state index in [4.69, 9.17) is 4.74 Å². The van der Waals surface area contributed by atoms with Crippen molar-refractivity contribution in [3.8, 4) is 5.75 Å². The van der Waals surface area contributed by atoms with Crippen LogP contribution in [0.1, 0.15) is 42.0 Å². The number of hydrogen-bond donors (Lipinski definition) is 1. The van der Waals surface area contributed by atoms with Crippen molar-refractivity contribution in [3.63, 3.8) is 0 Å². The van der Waals surface area contributed by atoms with Crippen LogP contribution in [0.5, 0.6) is 5.75 Å². The molecule has 2 aromatic rings. The first-order valence-corrected chi connectivity index (χ1v) is 8.69. The second kappa shape index (κ2) is 7.08. The fraction of sp³-hybridized carbons (Fsp3) is 0.381. The number of fused-ring (bicyclic) bond motifs is 1. The van der Waals surface area contributed by atoms with Crippen molar-refractivity contribution in [1.82, 2.24) is 0 Å². The Bertz CT molecular complexity index is 751. The molecule has 1 atom stereocenters. The second-order valence-electron chi connectivity index (χ2n) is 6.71. The monoisotopic (exact) mass is 323 g/mol. The van der Waals surface area contributed by atoms with Crippen LogP contribution < -0.4 is 10.1 Å². The van der Waals surface area contributed by atoms with Gasteiger partial charge in [-0.05, 0) is 86.9 Å². The van der Waals surface area contributed by atoms with E-state index >= 15 is 0 Å². The van der Waals surface area contributed by atoms with Gasteiger partial charge in [0, 0.05) is 5.69 Å². The summed E-state index contributed by atoms with van der Waals surface area (Å²) < 4.78 is 5.87. The van der Waals surface area contributed by atoms with Crippen LogP contribution >= 0.6 is 0 Å². The third-order valence-corrected chi connectivity index (χ3v) is 4.65. The third kappa shape index (κ3) is 3.78. The summed E-state index contributed by atoms with van der Waals surface area (Å²) in [5, 5.41) is 2.97. The Morgan fingerprint density at radius 1 is 1.04 bits per heavy atom. The van der Waals surface area contributed by atoms with Crippen LogP contribution in [0.3, 0.4) is 0 Å². The molecule has 0 spiro atoms. The molecule has 0 bridgehead atoms. The minimum Gasteiger partial charge on any atom is -0.481 e. The molecule has 0 saturated carbocycles. The number of nitrogens with one attached hydrogen (secondary N) is 1. The van der Waals surface area contributed by atoms with Gasteiger partial charge in [-0.15, -0.1) is 0 Å². The van der Waals surface area contributed by atoms with Gasteiger partial charge in [0.15, 0.2) is 6.10 Å². The Morgan fingerprint density at radius 2 is 1.79 bits per heavy atom. The standard InChI is InChI=1S/C21H25NO2/c1-14-8-9-15(2)20(12-14)22-21(23)16(3)24-19-11-10-17-6-4-5-7-18(17)13-19/h8-13,16H,4-7H2,1-3H3,(H,22,23)/t16-/m0/s1. The van der Waals surface area contributed by atoms with Gasteiger partial charge in [-0.3, -0.25) is 4.79 Å². The molecule has 0 aliphatic heterocycles. The number of aryl methyl sites for hydroxylation is 4. The van der Waals surface area contributed by atoms with E-state index in [1.54, 1.807) is 6.92 Å². The molecular weight excluding hydrogens is 298 g/mol. The summed E-state index contributed by atoms with van der Waals surface area (Å²) >= 11 is 0. The molecule has 1 aliphatic rings. The number of hydrogen-bond acceptors (Lipinski definition) is 2. The number of benzene rings is 2. The van der Waals surface area contributed by atoms with Crippen LogP contribution in [0.2, 0.25) is 0 Å². The predicted molar refractivity (Wildman–Crippen MR) is 97.7 cm³/mol. The lowest BCUT2D eigenvalue weighted by atomic mass is 9.92. The van der Waals surface area contributed by atoms with Gasteiger partial charge >= 0.3 is 0 Å². The van der Waals surface area contributed by atoms with Crippen molar-refractivity contribution in [2.45, 2.75) is 52.6 Å². The highest BCUT2D eigenvalue weighted by Gasteiger charge is 2.17. The topological polar surface area (TPSA) is 38.3 Å². The van der Waals surface area contributed by atoms with E-state index in [0.717, 1.165) is 35.4 Å². The van der Waals surface area contributed by atoms with Gasteiger partial charge in [-0.1, -0.05) is 18.2 Å². The molecule has 2 aromatic carbocycles. The summed E-state index contributed by atoms with van der Waals surface area (Å²) in [6.07, 6.45) is 4.22. The first-order valence-electron chi connectivity index (χ1n) is 8.69. The Balaban J connectivity index is 1.67. The lowest BCUT2D eigenvalue weighted by Crippen LogP contribution is -2.30. The average Bonchev–Trinajstić information content (AvgIpc) is 2.58. The summed E-state index contributed by atoms with van der Waals surface area (Å²) in [6.45, 7) is 5.80. The maximum atomic E-state index is 12.4. The fourth-order valence-corrected chi connectivity index (χ4v) is 3.15. The van der Waals surface area contributed by atoms with Gasteiger partial charge in [0.25, 0.3) is 5.91 Å². The van der Waals surface area contributed by atoms with Crippen molar-refractivity contribution in [2.75, 3.05) is 5.32 Å². The number of carbonyl (C=O) groups excluding carboxylic acids is 1. The minimum atomic E-state index is -0.536. The molecule has 0 aromatic heterocycles. The van der Waals surface area contributed by atoms with Crippen molar-refractivity contribution in [1.29, 1.82) is 0 Å². The second-order valence-corrected chi connectivity index (χ2v) is 6.71. The highest BCUT2D eigenvalue weighted by Crippen LogP contribution is 2.26. The predicted octanol–water partition coefficient (Wildman–Crippen LogP) is 4.59. The summed E-state index contributed by atoms with van der Waals surface area (Å²) in [5.74, 6) is 0.653. The zero-order valence-electron chi connectivity index (χ0n) is 14.7. The zero-order valence-corrected chi connectivity index (χ0v) is 14.7. The smallest absolute Gasteiger partial charge is 0.265 e. The quantitative estimate of drug-likeness (QED) is 0.894. The van der Waals surface area contributed by atoms with E-state index in [0.29, 0.717) is 0 Å². The van der Waals surface area contributed by atoms with Gasteiger partial charge in [-0.25, -0.2) is 0 Å². The SMILES string of the molecule is Cc1ccc(C)c(NC(=O)[C@H](C)Oc2ccc3c(c2)CCCC3)c1. The number of carbonyl (C=O) groups is 1. The number of rotatable bonds is 4. The molecule has 0 heterocycles. The van der Waals surface area contributed by atoms with Gasteiger partial charge in [-0.2, -0.15) is 0 Å². The lowest BCUT2D eigenvalue weighted by molar-refractivity contribution is -0.122. The van der Waals surface area contributed by atoms with Gasteiger partial charge < -0.3 is 10.1 Å². The Labute approximate surface area is 144 Å². The average molecular weight is 323 g/mol. The summed E-state index contributed by atoms with van der Waals surface area (Å²) in [4.78, 5) is 12.4. The van der Waals surface area contributed by atoms with Crippen LogP contribution in [0, 0.1) is 13.8 Å². The molecule has 1 N–H and O–H groups in total.